The normalized spacial score (nSPS) is 14.6. The summed E-state index contributed by atoms with van der Waals surface area (Å²) in [4.78, 5) is 8.79. The van der Waals surface area contributed by atoms with Gasteiger partial charge < -0.3 is 5.32 Å². The molecule has 0 saturated carbocycles. The van der Waals surface area contributed by atoms with E-state index < -0.39 is 0 Å². The van der Waals surface area contributed by atoms with Gasteiger partial charge in [0.15, 0.2) is 5.16 Å². The van der Waals surface area contributed by atoms with Crippen molar-refractivity contribution in [3.05, 3.63) is 18.0 Å². The molecule has 0 saturated heterocycles. The average molecular weight is 253 g/mol. The molecule has 1 N–H and O–H groups in total. The highest BCUT2D eigenvalue weighted by atomic mass is 32.2. The van der Waals surface area contributed by atoms with E-state index in [2.05, 4.69) is 29.1 Å². The van der Waals surface area contributed by atoms with Crippen LogP contribution < -0.4 is 5.32 Å². The fraction of sp³-hybridized carbons (Fsp3) is 0.692. The molecule has 0 aromatic carbocycles. The summed E-state index contributed by atoms with van der Waals surface area (Å²) in [7, 11) is 2.04. The number of hydrogen-bond acceptors (Lipinski definition) is 4. The maximum absolute atomic E-state index is 4.46. The summed E-state index contributed by atoms with van der Waals surface area (Å²) in [5, 5.41) is 4.85. The van der Waals surface area contributed by atoms with Gasteiger partial charge in [0.25, 0.3) is 0 Å². The molecule has 2 atom stereocenters. The Kier molecular flexibility index (Phi) is 6.52. The van der Waals surface area contributed by atoms with Gasteiger partial charge in [0.05, 0.1) is 0 Å². The van der Waals surface area contributed by atoms with Crippen molar-refractivity contribution in [2.75, 3.05) is 7.05 Å². The van der Waals surface area contributed by atoms with E-state index in [4.69, 9.17) is 0 Å². The molecule has 3 nitrogen and oxygen atoms in total. The number of aromatic nitrogens is 2. The van der Waals surface area contributed by atoms with Crippen molar-refractivity contribution >= 4 is 11.8 Å². The number of nitrogens with zero attached hydrogens (tertiary/aromatic N) is 2. The molecule has 96 valence electrons. The van der Waals surface area contributed by atoms with Gasteiger partial charge in [0, 0.05) is 23.2 Å². The Morgan fingerprint density at radius 3 is 2.71 bits per heavy atom. The maximum atomic E-state index is 4.46. The molecule has 0 fully saturated rings. The van der Waals surface area contributed by atoms with Gasteiger partial charge >= 0.3 is 0 Å². The van der Waals surface area contributed by atoms with E-state index in [-0.39, 0.29) is 0 Å². The van der Waals surface area contributed by atoms with Crippen molar-refractivity contribution in [2.24, 2.45) is 0 Å². The second-order valence-electron chi connectivity index (χ2n) is 4.23. The Bertz CT molecular complexity index is 330. The Hall–Kier alpha value is -0.610. The first-order chi connectivity index (χ1) is 8.21. The van der Waals surface area contributed by atoms with Gasteiger partial charge in [0.1, 0.15) is 0 Å². The summed E-state index contributed by atoms with van der Waals surface area (Å²) in [6.45, 7) is 6.46. The molecule has 17 heavy (non-hydrogen) atoms. The Labute approximate surface area is 109 Å². The third kappa shape index (κ3) is 4.64. The van der Waals surface area contributed by atoms with Crippen LogP contribution in [0.2, 0.25) is 0 Å². The van der Waals surface area contributed by atoms with Crippen LogP contribution in [0, 0.1) is 6.92 Å². The van der Waals surface area contributed by atoms with Crippen LogP contribution in [-0.2, 0) is 0 Å². The lowest BCUT2D eigenvalue weighted by atomic mass is 10.1. The third-order valence-electron chi connectivity index (χ3n) is 2.85. The van der Waals surface area contributed by atoms with E-state index in [0.29, 0.717) is 11.3 Å². The minimum absolute atomic E-state index is 0.541. The van der Waals surface area contributed by atoms with Crippen LogP contribution in [0.15, 0.2) is 17.4 Å². The van der Waals surface area contributed by atoms with Crippen LogP contribution >= 0.6 is 11.8 Å². The van der Waals surface area contributed by atoms with Crippen LogP contribution in [0.1, 0.15) is 38.8 Å². The standard InChI is InChI=1S/C13H23N3S/c1-5-7-11(14-4)12(6-2)17-13-15-9-8-10(3)16-13/h8-9,11-12,14H,5-7H2,1-4H3. The molecule has 0 bridgehead atoms. The van der Waals surface area contributed by atoms with Crippen molar-refractivity contribution in [2.45, 2.75) is 56.5 Å². The molecule has 0 aliphatic carbocycles. The Balaban J connectivity index is 2.68. The van der Waals surface area contributed by atoms with E-state index in [1.807, 2.05) is 26.2 Å². The van der Waals surface area contributed by atoms with E-state index in [1.54, 1.807) is 11.8 Å². The molecule has 0 aliphatic heterocycles. The third-order valence-corrected chi connectivity index (χ3v) is 4.22. The fourth-order valence-corrected chi connectivity index (χ4v) is 3.09. The summed E-state index contributed by atoms with van der Waals surface area (Å²) in [5.41, 5.74) is 1.04. The summed E-state index contributed by atoms with van der Waals surface area (Å²) >= 11 is 1.79. The first kappa shape index (κ1) is 14.5. The van der Waals surface area contributed by atoms with Gasteiger partial charge in [-0.15, -0.1) is 0 Å². The lowest BCUT2D eigenvalue weighted by Gasteiger charge is -2.24. The molecule has 0 amide bonds. The van der Waals surface area contributed by atoms with Crippen LogP contribution in [-0.4, -0.2) is 28.3 Å². The Morgan fingerprint density at radius 2 is 2.18 bits per heavy atom. The van der Waals surface area contributed by atoms with Gasteiger partial charge in [-0.05, 0) is 32.9 Å². The van der Waals surface area contributed by atoms with Gasteiger partial charge in [-0.25, -0.2) is 9.97 Å². The zero-order valence-electron chi connectivity index (χ0n) is 11.2. The van der Waals surface area contributed by atoms with Crippen molar-refractivity contribution in [1.82, 2.24) is 15.3 Å². The minimum Gasteiger partial charge on any atom is -0.316 e. The maximum Gasteiger partial charge on any atom is 0.188 e. The molecule has 0 spiro atoms. The van der Waals surface area contributed by atoms with Crippen molar-refractivity contribution in [3.8, 4) is 0 Å². The van der Waals surface area contributed by atoms with Gasteiger partial charge in [-0.1, -0.05) is 32.0 Å². The lowest BCUT2D eigenvalue weighted by molar-refractivity contribution is 0.489. The van der Waals surface area contributed by atoms with Crippen molar-refractivity contribution < 1.29 is 0 Å². The quantitative estimate of drug-likeness (QED) is 0.599. The summed E-state index contributed by atoms with van der Waals surface area (Å²) in [5.74, 6) is 0. The summed E-state index contributed by atoms with van der Waals surface area (Å²) < 4.78 is 0. The number of rotatable bonds is 7. The second kappa shape index (κ2) is 7.67. The largest absolute Gasteiger partial charge is 0.316 e. The molecule has 4 heteroatoms. The predicted molar refractivity (Wildman–Crippen MR) is 74.5 cm³/mol. The molecule has 1 aromatic rings. The minimum atomic E-state index is 0.541. The smallest absolute Gasteiger partial charge is 0.188 e. The van der Waals surface area contributed by atoms with Crippen LogP contribution in [0.5, 0.6) is 0 Å². The fourth-order valence-electron chi connectivity index (χ4n) is 1.90. The van der Waals surface area contributed by atoms with Gasteiger partial charge in [0.2, 0.25) is 0 Å². The number of thioether (sulfide) groups is 1. The van der Waals surface area contributed by atoms with E-state index in [0.717, 1.165) is 17.3 Å². The first-order valence-electron chi connectivity index (χ1n) is 6.34. The highest BCUT2D eigenvalue weighted by Gasteiger charge is 2.19. The van der Waals surface area contributed by atoms with Crippen molar-refractivity contribution in [3.63, 3.8) is 0 Å². The monoisotopic (exact) mass is 253 g/mol. The molecule has 0 radical (unpaired) electrons. The molecule has 0 aliphatic rings. The van der Waals surface area contributed by atoms with Crippen LogP contribution in [0.25, 0.3) is 0 Å². The second-order valence-corrected chi connectivity index (χ2v) is 5.44. The predicted octanol–water partition coefficient (Wildman–Crippen LogP) is 3.04. The molecular weight excluding hydrogens is 230 g/mol. The van der Waals surface area contributed by atoms with Crippen LogP contribution in [0.4, 0.5) is 0 Å². The zero-order chi connectivity index (χ0) is 12.7. The Morgan fingerprint density at radius 1 is 1.41 bits per heavy atom. The first-order valence-corrected chi connectivity index (χ1v) is 7.22. The number of hydrogen-bond donors (Lipinski definition) is 1. The van der Waals surface area contributed by atoms with E-state index in [1.165, 1.54) is 12.8 Å². The summed E-state index contributed by atoms with van der Waals surface area (Å²) in [6.07, 6.45) is 5.38. The molecule has 2 unspecified atom stereocenters. The molecule has 1 rings (SSSR count). The van der Waals surface area contributed by atoms with Crippen LogP contribution in [0.3, 0.4) is 0 Å². The molecule has 1 aromatic heterocycles. The number of nitrogens with one attached hydrogen (secondary N) is 1. The van der Waals surface area contributed by atoms with E-state index in [9.17, 15) is 0 Å². The summed E-state index contributed by atoms with van der Waals surface area (Å²) in [6, 6.07) is 2.48. The molecule has 1 heterocycles. The number of aryl methyl sites for hydroxylation is 1. The highest BCUT2D eigenvalue weighted by molar-refractivity contribution is 7.99. The van der Waals surface area contributed by atoms with Crippen molar-refractivity contribution in [1.29, 1.82) is 0 Å². The molecular formula is C13H23N3S. The topological polar surface area (TPSA) is 37.8 Å². The highest BCUT2D eigenvalue weighted by Crippen LogP contribution is 2.26. The lowest BCUT2D eigenvalue weighted by Crippen LogP contribution is -2.35. The van der Waals surface area contributed by atoms with Gasteiger partial charge in [-0.2, -0.15) is 0 Å². The average Bonchev–Trinajstić information content (AvgIpc) is 2.33. The SMILES string of the molecule is CCCC(NC)C(CC)Sc1nccc(C)n1. The zero-order valence-corrected chi connectivity index (χ0v) is 12.0. The van der Waals surface area contributed by atoms with Gasteiger partial charge in [-0.3, -0.25) is 0 Å². The van der Waals surface area contributed by atoms with E-state index >= 15 is 0 Å².